The van der Waals surface area contributed by atoms with E-state index in [9.17, 15) is 22.0 Å². The van der Waals surface area contributed by atoms with E-state index in [1.54, 1.807) is 12.1 Å². The molecule has 7 nitrogen and oxygen atoms in total. The molecule has 4 aromatic rings. The van der Waals surface area contributed by atoms with Crippen LogP contribution in [0.15, 0.2) is 83.8 Å². The lowest BCUT2D eigenvalue weighted by Gasteiger charge is -2.36. The molecule has 0 unspecified atom stereocenters. The highest BCUT2D eigenvalue weighted by atomic mass is 32.2. The molecule has 1 saturated carbocycles. The molecule has 0 radical (unpaired) electrons. The van der Waals surface area contributed by atoms with Crippen LogP contribution in [0.2, 0.25) is 0 Å². The maximum absolute atomic E-state index is 14.1. The van der Waals surface area contributed by atoms with Crippen molar-refractivity contribution >= 4 is 15.7 Å². The Morgan fingerprint density at radius 1 is 0.814 bits per heavy atom. The second-order valence-corrected chi connectivity index (χ2v) is 13.3. The summed E-state index contributed by atoms with van der Waals surface area (Å²) in [5.41, 5.74) is 3.04. The molecule has 43 heavy (non-hydrogen) atoms. The summed E-state index contributed by atoms with van der Waals surface area (Å²) in [6.07, 6.45) is 7.51. The molecule has 10 heteroatoms. The summed E-state index contributed by atoms with van der Waals surface area (Å²) in [5.74, 6) is -1.19. The molecule has 0 spiro atoms. The zero-order valence-corrected chi connectivity index (χ0v) is 24.6. The van der Waals surface area contributed by atoms with Crippen molar-refractivity contribution in [3.05, 3.63) is 112 Å². The summed E-state index contributed by atoms with van der Waals surface area (Å²) in [5, 5.41) is 4.30. The van der Waals surface area contributed by atoms with Gasteiger partial charge in [0.05, 0.1) is 28.9 Å². The average molecular weight is 605 g/mol. The lowest BCUT2D eigenvalue weighted by Crippen LogP contribution is -2.49. The van der Waals surface area contributed by atoms with Crippen LogP contribution in [-0.4, -0.2) is 48.7 Å². The molecule has 0 amide bonds. The predicted octanol–water partition coefficient (Wildman–Crippen LogP) is 5.88. The largest absolute Gasteiger partial charge is 0.367 e. The van der Waals surface area contributed by atoms with Crippen LogP contribution < -0.4 is 10.5 Å². The van der Waals surface area contributed by atoms with E-state index in [0.29, 0.717) is 35.8 Å². The van der Waals surface area contributed by atoms with E-state index in [4.69, 9.17) is 0 Å². The fourth-order valence-corrected chi connectivity index (χ4v) is 7.76. The Labute approximate surface area is 250 Å². The van der Waals surface area contributed by atoms with Crippen LogP contribution in [0.3, 0.4) is 0 Å². The highest BCUT2D eigenvalue weighted by Gasteiger charge is 2.29. The monoisotopic (exact) mass is 604 g/mol. The first-order chi connectivity index (χ1) is 20.8. The molecule has 1 aliphatic carbocycles. The summed E-state index contributed by atoms with van der Waals surface area (Å²) in [6.45, 7) is 1.24. The number of hydrogen-bond donors (Lipinski definition) is 0. The quantitative estimate of drug-likeness (QED) is 0.264. The molecule has 1 saturated heterocycles. The standard InChI is InChI=1S/C33H34F2N4O3S/c34-28-19-29(35)21-30(20-28)39-33(40)32(27-13-11-26(12-14-27)25-9-5-2-6-10-25)31(22-36-39)37-15-17-38(18-16-37)43(41,42)23-24-7-3-1-4-8-24/h1,3-4,7-8,11-14,19-22,25H,2,5-6,9-10,15-18,23H2. The van der Waals surface area contributed by atoms with Crippen LogP contribution in [-0.2, 0) is 15.8 Å². The fraction of sp³-hybridized carbons (Fsp3) is 0.333. The van der Waals surface area contributed by atoms with Crippen molar-refractivity contribution in [2.75, 3.05) is 31.1 Å². The van der Waals surface area contributed by atoms with Crippen molar-refractivity contribution < 1.29 is 17.2 Å². The van der Waals surface area contributed by atoms with Gasteiger partial charge in [0.15, 0.2) is 0 Å². The Kier molecular flexibility index (Phi) is 8.41. The van der Waals surface area contributed by atoms with Crippen LogP contribution in [0.4, 0.5) is 14.5 Å². The van der Waals surface area contributed by atoms with Gasteiger partial charge in [-0.1, -0.05) is 73.9 Å². The van der Waals surface area contributed by atoms with Gasteiger partial charge in [-0.15, -0.1) is 0 Å². The van der Waals surface area contributed by atoms with Gasteiger partial charge in [-0.25, -0.2) is 17.2 Å². The molecule has 224 valence electrons. The lowest BCUT2D eigenvalue weighted by atomic mass is 9.83. The van der Waals surface area contributed by atoms with E-state index in [1.807, 2.05) is 35.2 Å². The number of piperazine rings is 1. The van der Waals surface area contributed by atoms with Crippen LogP contribution in [0, 0.1) is 11.6 Å². The topological polar surface area (TPSA) is 75.5 Å². The van der Waals surface area contributed by atoms with Crippen LogP contribution >= 0.6 is 0 Å². The third kappa shape index (κ3) is 6.40. The second kappa shape index (κ2) is 12.4. The number of hydrogen-bond acceptors (Lipinski definition) is 5. The summed E-state index contributed by atoms with van der Waals surface area (Å²) >= 11 is 0. The Morgan fingerprint density at radius 3 is 2.12 bits per heavy atom. The van der Waals surface area contributed by atoms with Gasteiger partial charge in [-0.3, -0.25) is 4.79 Å². The third-order valence-electron chi connectivity index (χ3n) is 8.49. The molecule has 1 aromatic heterocycles. The minimum absolute atomic E-state index is 0.00838. The van der Waals surface area contributed by atoms with Crippen molar-refractivity contribution in [2.45, 2.75) is 43.8 Å². The molecule has 0 atom stereocenters. The number of sulfonamides is 1. The van der Waals surface area contributed by atoms with Gasteiger partial charge in [0.2, 0.25) is 10.0 Å². The van der Waals surface area contributed by atoms with Crippen molar-refractivity contribution in [3.8, 4) is 16.8 Å². The maximum atomic E-state index is 14.1. The zero-order chi connectivity index (χ0) is 30.0. The summed E-state index contributed by atoms with van der Waals surface area (Å²) in [7, 11) is -3.52. The highest BCUT2D eigenvalue weighted by molar-refractivity contribution is 7.88. The molecular weight excluding hydrogens is 570 g/mol. The second-order valence-electron chi connectivity index (χ2n) is 11.3. The number of anilines is 1. The maximum Gasteiger partial charge on any atom is 0.281 e. The summed E-state index contributed by atoms with van der Waals surface area (Å²) < 4.78 is 57.0. The van der Waals surface area contributed by atoms with E-state index in [1.165, 1.54) is 35.3 Å². The van der Waals surface area contributed by atoms with Crippen LogP contribution in [0.1, 0.15) is 49.1 Å². The Hall–Kier alpha value is -3.89. The number of aromatic nitrogens is 2. The highest BCUT2D eigenvalue weighted by Crippen LogP contribution is 2.35. The first-order valence-corrected chi connectivity index (χ1v) is 16.4. The first kappa shape index (κ1) is 29.2. The van der Waals surface area contributed by atoms with E-state index in [0.717, 1.165) is 41.3 Å². The van der Waals surface area contributed by atoms with Gasteiger partial charge in [0.1, 0.15) is 11.6 Å². The van der Waals surface area contributed by atoms with E-state index < -0.39 is 27.2 Å². The van der Waals surface area contributed by atoms with Gasteiger partial charge in [0, 0.05) is 32.2 Å². The Morgan fingerprint density at radius 2 is 1.47 bits per heavy atom. The number of rotatable bonds is 7. The molecule has 6 rings (SSSR count). The van der Waals surface area contributed by atoms with Crippen LogP contribution in [0.25, 0.3) is 16.8 Å². The minimum Gasteiger partial charge on any atom is -0.367 e. The molecule has 2 aliphatic rings. The van der Waals surface area contributed by atoms with Gasteiger partial charge in [-0.2, -0.15) is 14.1 Å². The molecule has 2 fully saturated rings. The summed E-state index contributed by atoms with van der Waals surface area (Å²) in [4.78, 5) is 16.0. The molecular formula is C33H34F2N4O3S. The van der Waals surface area contributed by atoms with E-state index >= 15 is 0 Å². The van der Waals surface area contributed by atoms with Gasteiger partial charge >= 0.3 is 0 Å². The zero-order valence-electron chi connectivity index (χ0n) is 23.8. The van der Waals surface area contributed by atoms with Gasteiger partial charge in [0.25, 0.3) is 5.56 Å². The van der Waals surface area contributed by atoms with Crippen molar-refractivity contribution in [1.29, 1.82) is 0 Å². The predicted molar refractivity (Wildman–Crippen MR) is 164 cm³/mol. The first-order valence-electron chi connectivity index (χ1n) is 14.7. The number of benzene rings is 3. The Balaban J connectivity index is 1.32. The third-order valence-corrected chi connectivity index (χ3v) is 10.3. The van der Waals surface area contributed by atoms with Crippen molar-refractivity contribution in [2.24, 2.45) is 0 Å². The smallest absolute Gasteiger partial charge is 0.281 e. The van der Waals surface area contributed by atoms with Crippen LogP contribution in [0.5, 0.6) is 0 Å². The normalized spacial score (nSPS) is 16.8. The van der Waals surface area contributed by atoms with E-state index in [2.05, 4.69) is 17.2 Å². The molecule has 0 N–H and O–H groups in total. The lowest BCUT2D eigenvalue weighted by molar-refractivity contribution is 0.384. The SMILES string of the molecule is O=c1c(-c2ccc(C3CCCCC3)cc2)c(N2CCN(S(=O)(=O)Cc3ccccc3)CC2)cnn1-c1cc(F)cc(F)c1. The minimum atomic E-state index is -3.52. The fourth-order valence-electron chi connectivity index (χ4n) is 6.24. The number of nitrogens with zero attached hydrogens (tertiary/aromatic N) is 4. The average Bonchev–Trinajstić information content (AvgIpc) is 3.01. The molecule has 3 aromatic carbocycles. The van der Waals surface area contributed by atoms with Gasteiger partial charge < -0.3 is 4.90 Å². The number of halogens is 2. The molecule has 0 bridgehead atoms. The van der Waals surface area contributed by atoms with Crippen molar-refractivity contribution in [1.82, 2.24) is 14.1 Å². The molecule has 1 aliphatic heterocycles. The van der Waals surface area contributed by atoms with Crippen molar-refractivity contribution in [3.63, 3.8) is 0 Å². The van der Waals surface area contributed by atoms with Gasteiger partial charge in [-0.05, 0) is 47.6 Å². The van der Waals surface area contributed by atoms with E-state index in [-0.39, 0.29) is 24.5 Å². The summed E-state index contributed by atoms with van der Waals surface area (Å²) in [6, 6.07) is 20.0. The Bertz CT molecular complexity index is 1730. The molecule has 2 heterocycles.